The number of hydrogen-bond acceptors (Lipinski definition) is 5. The van der Waals surface area contributed by atoms with Crippen LogP contribution in [0, 0.1) is 5.92 Å². The number of nitrogens with zero attached hydrogens (tertiary/aromatic N) is 3. The van der Waals surface area contributed by atoms with Gasteiger partial charge in [0.2, 0.25) is 0 Å². The molecule has 6 heteroatoms. The van der Waals surface area contributed by atoms with E-state index in [2.05, 4.69) is 51.5 Å². The van der Waals surface area contributed by atoms with Gasteiger partial charge >= 0.3 is 0 Å². The molecule has 1 aliphatic carbocycles. The lowest BCUT2D eigenvalue weighted by Gasteiger charge is -2.40. The number of anilines is 1. The maximum Gasteiger partial charge on any atom is 0.137 e. The minimum Gasteiger partial charge on any atom is -0.367 e. The molecule has 0 bridgehead atoms. The van der Waals surface area contributed by atoms with Crippen LogP contribution in [0.1, 0.15) is 33.1 Å². The Hall–Kier alpha value is -2.47. The lowest BCUT2D eigenvalue weighted by molar-refractivity contribution is 0.214. The normalized spacial score (nSPS) is 26.7. The van der Waals surface area contributed by atoms with Crippen molar-refractivity contribution in [1.82, 2.24) is 20.2 Å². The average Bonchev–Trinajstić information content (AvgIpc) is 3.13. The van der Waals surface area contributed by atoms with Crippen molar-refractivity contribution in [2.24, 2.45) is 11.7 Å². The van der Waals surface area contributed by atoms with Crippen molar-refractivity contribution in [3.05, 3.63) is 36.9 Å². The first-order valence-corrected chi connectivity index (χ1v) is 8.82. The number of nitrogens with two attached hydrogens (primary N) is 1. The van der Waals surface area contributed by atoms with Crippen molar-refractivity contribution in [2.45, 2.75) is 44.7 Å². The number of nitrogens with one attached hydrogen (secondary N) is 2. The van der Waals surface area contributed by atoms with Crippen LogP contribution in [0.2, 0.25) is 0 Å². The van der Waals surface area contributed by atoms with Crippen molar-refractivity contribution in [3.8, 4) is 11.1 Å². The quantitative estimate of drug-likeness (QED) is 0.682. The van der Waals surface area contributed by atoms with Crippen molar-refractivity contribution in [1.29, 1.82) is 0 Å². The first-order valence-electron chi connectivity index (χ1n) is 8.82. The van der Waals surface area contributed by atoms with Gasteiger partial charge in [0.1, 0.15) is 12.1 Å². The molecule has 0 saturated heterocycles. The van der Waals surface area contributed by atoms with Crippen LogP contribution < -0.4 is 11.1 Å². The number of aromatic nitrogens is 4. The molecule has 1 fully saturated rings. The zero-order chi connectivity index (χ0) is 17.4. The Labute approximate surface area is 147 Å². The van der Waals surface area contributed by atoms with E-state index in [1.54, 1.807) is 6.33 Å². The van der Waals surface area contributed by atoms with Gasteiger partial charge in [-0.05, 0) is 49.8 Å². The zero-order valence-corrected chi connectivity index (χ0v) is 14.7. The second kappa shape index (κ2) is 6.11. The molecular weight excluding hydrogens is 312 g/mol. The van der Waals surface area contributed by atoms with E-state index in [1.165, 1.54) is 0 Å². The number of H-pyrrole nitrogens is 1. The van der Waals surface area contributed by atoms with Gasteiger partial charge in [-0.15, -0.1) is 0 Å². The van der Waals surface area contributed by atoms with E-state index >= 15 is 0 Å². The fourth-order valence-electron chi connectivity index (χ4n) is 3.63. The number of rotatable bonds is 3. The third kappa shape index (κ3) is 3.09. The first kappa shape index (κ1) is 16.0. The molecule has 1 aromatic carbocycles. The summed E-state index contributed by atoms with van der Waals surface area (Å²) in [5.41, 5.74) is 9.41. The molecular formula is C19H24N6. The van der Waals surface area contributed by atoms with Crippen molar-refractivity contribution >= 4 is 16.7 Å². The predicted molar refractivity (Wildman–Crippen MR) is 100 cm³/mol. The minimum absolute atomic E-state index is 0.0691. The second-order valence-corrected chi connectivity index (χ2v) is 7.46. The second-order valence-electron chi connectivity index (χ2n) is 7.46. The van der Waals surface area contributed by atoms with Gasteiger partial charge in [0.25, 0.3) is 0 Å². The Kier molecular flexibility index (Phi) is 3.92. The highest BCUT2D eigenvalue weighted by atomic mass is 15.1. The minimum atomic E-state index is -0.0691. The van der Waals surface area contributed by atoms with E-state index in [9.17, 15) is 0 Å². The van der Waals surface area contributed by atoms with Crippen LogP contribution in [0.25, 0.3) is 22.0 Å². The van der Waals surface area contributed by atoms with E-state index in [1.807, 2.05) is 18.5 Å². The summed E-state index contributed by atoms with van der Waals surface area (Å²) in [5, 5.41) is 11.6. The molecule has 0 amide bonds. The number of fused-ring (bicyclic) bond motifs is 1. The lowest BCUT2D eigenvalue weighted by Crippen LogP contribution is -2.49. The van der Waals surface area contributed by atoms with Gasteiger partial charge in [0, 0.05) is 28.7 Å². The molecule has 0 spiro atoms. The van der Waals surface area contributed by atoms with E-state index in [0.29, 0.717) is 12.0 Å². The zero-order valence-electron chi connectivity index (χ0n) is 14.7. The van der Waals surface area contributed by atoms with Crippen LogP contribution in [-0.2, 0) is 0 Å². The molecule has 0 aliphatic heterocycles. The smallest absolute Gasteiger partial charge is 0.137 e. The lowest BCUT2D eigenvalue weighted by atomic mass is 9.73. The summed E-state index contributed by atoms with van der Waals surface area (Å²) in [6.45, 7) is 4.40. The highest BCUT2D eigenvalue weighted by Gasteiger charge is 2.34. The third-order valence-electron chi connectivity index (χ3n) is 5.60. The molecule has 4 rings (SSSR count). The number of benzene rings is 1. The molecule has 6 nitrogen and oxygen atoms in total. The molecule has 25 heavy (non-hydrogen) atoms. The topological polar surface area (TPSA) is 92.5 Å². The van der Waals surface area contributed by atoms with Crippen LogP contribution in [0.5, 0.6) is 0 Å². The standard InChI is InChI=1S/C19H24N6/c1-12-7-15(5-6-19(12,2)20)25-18-16-8-13(14-9-23-24-10-14)3-4-17(16)21-11-22-18/h3-4,8-12,15H,5-7,20H2,1-2H3,(H,23,24)(H,21,22,25). The Morgan fingerprint density at radius 3 is 2.92 bits per heavy atom. The summed E-state index contributed by atoms with van der Waals surface area (Å²) >= 11 is 0. The van der Waals surface area contributed by atoms with Crippen LogP contribution in [0.15, 0.2) is 36.9 Å². The average molecular weight is 336 g/mol. The highest BCUT2D eigenvalue weighted by Crippen LogP contribution is 2.34. The van der Waals surface area contributed by atoms with E-state index in [4.69, 9.17) is 5.73 Å². The van der Waals surface area contributed by atoms with Gasteiger partial charge < -0.3 is 11.1 Å². The Balaban J connectivity index is 1.64. The maximum absolute atomic E-state index is 6.38. The van der Waals surface area contributed by atoms with E-state index in [0.717, 1.165) is 47.1 Å². The molecule has 3 aromatic rings. The van der Waals surface area contributed by atoms with Gasteiger partial charge in [-0.2, -0.15) is 5.10 Å². The van der Waals surface area contributed by atoms with Crippen molar-refractivity contribution < 1.29 is 0 Å². The van der Waals surface area contributed by atoms with Crippen LogP contribution in [-0.4, -0.2) is 31.7 Å². The predicted octanol–water partition coefficient (Wildman–Crippen LogP) is 3.34. The third-order valence-corrected chi connectivity index (χ3v) is 5.60. The van der Waals surface area contributed by atoms with E-state index in [-0.39, 0.29) is 5.54 Å². The fraction of sp³-hybridized carbons (Fsp3) is 0.421. The first-order chi connectivity index (χ1) is 12.0. The van der Waals surface area contributed by atoms with Gasteiger partial charge in [-0.1, -0.05) is 13.0 Å². The molecule has 2 aromatic heterocycles. The van der Waals surface area contributed by atoms with Gasteiger partial charge in [0.15, 0.2) is 0 Å². The summed E-state index contributed by atoms with van der Waals surface area (Å²) in [7, 11) is 0. The Morgan fingerprint density at radius 1 is 1.28 bits per heavy atom. The summed E-state index contributed by atoms with van der Waals surface area (Å²) in [5.74, 6) is 1.38. The van der Waals surface area contributed by atoms with Gasteiger partial charge in [-0.3, -0.25) is 5.10 Å². The monoisotopic (exact) mass is 336 g/mol. The van der Waals surface area contributed by atoms with E-state index < -0.39 is 0 Å². The molecule has 2 heterocycles. The van der Waals surface area contributed by atoms with Crippen LogP contribution in [0.4, 0.5) is 5.82 Å². The number of hydrogen-bond donors (Lipinski definition) is 3. The summed E-state index contributed by atoms with van der Waals surface area (Å²) in [4.78, 5) is 8.91. The summed E-state index contributed by atoms with van der Waals surface area (Å²) < 4.78 is 0. The Morgan fingerprint density at radius 2 is 2.16 bits per heavy atom. The summed E-state index contributed by atoms with van der Waals surface area (Å²) in [6.07, 6.45) is 8.48. The molecule has 130 valence electrons. The van der Waals surface area contributed by atoms with Gasteiger partial charge in [0.05, 0.1) is 11.7 Å². The molecule has 1 aliphatic rings. The largest absolute Gasteiger partial charge is 0.367 e. The van der Waals surface area contributed by atoms with Crippen molar-refractivity contribution in [3.63, 3.8) is 0 Å². The molecule has 4 N–H and O–H groups in total. The van der Waals surface area contributed by atoms with Crippen molar-refractivity contribution in [2.75, 3.05) is 5.32 Å². The Bertz CT molecular complexity index is 871. The molecule has 3 atom stereocenters. The van der Waals surface area contributed by atoms with Gasteiger partial charge in [-0.25, -0.2) is 9.97 Å². The summed E-state index contributed by atoms with van der Waals surface area (Å²) in [6, 6.07) is 6.61. The highest BCUT2D eigenvalue weighted by molar-refractivity contribution is 5.92. The fourth-order valence-corrected chi connectivity index (χ4v) is 3.63. The molecule has 0 radical (unpaired) electrons. The maximum atomic E-state index is 6.38. The van der Waals surface area contributed by atoms with Crippen LogP contribution >= 0.6 is 0 Å². The van der Waals surface area contributed by atoms with Crippen LogP contribution in [0.3, 0.4) is 0 Å². The molecule has 3 unspecified atom stereocenters. The SMILES string of the molecule is CC1CC(Nc2ncnc3ccc(-c4cn[nH]c4)cc23)CCC1(C)N. The molecule has 1 saturated carbocycles. The number of aromatic amines is 1.